The van der Waals surface area contributed by atoms with Gasteiger partial charge in [0.25, 0.3) is 0 Å². The van der Waals surface area contributed by atoms with Crippen molar-refractivity contribution in [3.8, 4) is 23.7 Å². The molecule has 0 saturated carbocycles. The summed E-state index contributed by atoms with van der Waals surface area (Å²) in [5.41, 5.74) is 2.45. The summed E-state index contributed by atoms with van der Waals surface area (Å²) >= 11 is 0. The van der Waals surface area contributed by atoms with E-state index in [1.807, 2.05) is 12.1 Å². The summed E-state index contributed by atoms with van der Waals surface area (Å²) in [4.78, 5) is 0. The summed E-state index contributed by atoms with van der Waals surface area (Å²) in [7, 11) is 0. The summed E-state index contributed by atoms with van der Waals surface area (Å²) in [5, 5.41) is 17.2. The van der Waals surface area contributed by atoms with Crippen molar-refractivity contribution in [1.82, 2.24) is 0 Å². The molecule has 16 heavy (non-hydrogen) atoms. The minimum Gasteiger partial charge on any atom is -0.384 e. The number of aliphatic hydroxyl groups is 2. The lowest BCUT2D eigenvalue weighted by Gasteiger charge is -1.97. The van der Waals surface area contributed by atoms with Crippen molar-refractivity contribution in [3.63, 3.8) is 0 Å². The van der Waals surface area contributed by atoms with Gasteiger partial charge in [-0.1, -0.05) is 36.3 Å². The third-order valence-electron chi connectivity index (χ3n) is 1.81. The number of benzene rings is 1. The third kappa shape index (κ3) is 3.63. The number of hydrogen-bond donors (Lipinski definition) is 2. The largest absolute Gasteiger partial charge is 0.384 e. The number of rotatable bonds is 1. The topological polar surface area (TPSA) is 40.5 Å². The van der Waals surface area contributed by atoms with Gasteiger partial charge in [0.15, 0.2) is 0 Å². The zero-order valence-electron chi connectivity index (χ0n) is 8.83. The molecule has 2 nitrogen and oxygen atoms in total. The van der Waals surface area contributed by atoms with Crippen LogP contribution in [0.4, 0.5) is 0 Å². The van der Waals surface area contributed by atoms with Crippen molar-refractivity contribution in [2.24, 2.45) is 0 Å². The van der Waals surface area contributed by atoms with Gasteiger partial charge in [0.1, 0.15) is 13.2 Å². The van der Waals surface area contributed by atoms with Crippen LogP contribution < -0.4 is 0 Å². The van der Waals surface area contributed by atoms with Crippen LogP contribution in [0.25, 0.3) is 6.08 Å². The van der Waals surface area contributed by atoms with Crippen LogP contribution in [0.15, 0.2) is 24.8 Å². The highest BCUT2D eigenvalue weighted by Gasteiger charge is 1.94. The van der Waals surface area contributed by atoms with Crippen molar-refractivity contribution >= 4 is 6.08 Å². The minimum absolute atomic E-state index is 0.171. The predicted octanol–water partition coefficient (Wildman–Crippen LogP) is 1.02. The Morgan fingerprint density at radius 1 is 1.00 bits per heavy atom. The van der Waals surface area contributed by atoms with Crippen molar-refractivity contribution in [2.45, 2.75) is 0 Å². The maximum absolute atomic E-state index is 8.61. The summed E-state index contributed by atoms with van der Waals surface area (Å²) in [5.74, 6) is 10.8. The fourth-order valence-corrected chi connectivity index (χ4v) is 1.20. The van der Waals surface area contributed by atoms with Gasteiger partial charge in [0.05, 0.1) is 0 Å². The number of aliphatic hydroxyl groups excluding tert-OH is 2. The first kappa shape index (κ1) is 12.1. The maximum Gasteiger partial charge on any atom is 0.104 e. The molecule has 0 fully saturated rings. The molecule has 2 heteroatoms. The molecular formula is C14H12O2. The predicted molar refractivity (Wildman–Crippen MR) is 64.5 cm³/mol. The Hall–Kier alpha value is -2.00. The van der Waals surface area contributed by atoms with Crippen LogP contribution in [0.1, 0.15) is 16.7 Å². The molecule has 0 unspecified atom stereocenters. The molecule has 0 radical (unpaired) electrons. The van der Waals surface area contributed by atoms with Gasteiger partial charge in [-0.25, -0.2) is 0 Å². The zero-order valence-corrected chi connectivity index (χ0v) is 8.83. The molecule has 0 spiro atoms. The first-order chi connectivity index (χ1) is 7.80. The molecule has 0 bridgehead atoms. The van der Waals surface area contributed by atoms with Crippen molar-refractivity contribution in [2.75, 3.05) is 13.2 Å². The Labute approximate surface area is 95.2 Å². The van der Waals surface area contributed by atoms with Crippen molar-refractivity contribution in [1.29, 1.82) is 0 Å². The van der Waals surface area contributed by atoms with Gasteiger partial charge in [-0.05, 0) is 23.8 Å². The second kappa shape index (κ2) is 6.48. The fraction of sp³-hybridized carbons (Fsp3) is 0.143. The second-order valence-electron chi connectivity index (χ2n) is 2.97. The van der Waals surface area contributed by atoms with E-state index in [2.05, 4.69) is 30.3 Å². The van der Waals surface area contributed by atoms with E-state index in [1.165, 1.54) is 0 Å². The van der Waals surface area contributed by atoms with Crippen LogP contribution in [-0.2, 0) is 0 Å². The average Bonchev–Trinajstić information content (AvgIpc) is 2.33. The summed E-state index contributed by atoms with van der Waals surface area (Å²) in [6, 6.07) is 5.53. The van der Waals surface area contributed by atoms with E-state index in [0.717, 1.165) is 16.7 Å². The van der Waals surface area contributed by atoms with Crippen molar-refractivity contribution < 1.29 is 10.2 Å². The Morgan fingerprint density at radius 2 is 1.50 bits per heavy atom. The quantitative estimate of drug-likeness (QED) is 0.682. The Balaban J connectivity index is 3.15. The molecule has 0 atom stereocenters. The van der Waals surface area contributed by atoms with Crippen LogP contribution in [0, 0.1) is 23.7 Å². The Morgan fingerprint density at radius 3 is 1.88 bits per heavy atom. The standard InChI is InChI=1S/C14H12O2/c1-2-12-9-13(5-3-7-15)11-14(10-12)6-4-8-16/h2,9-11,15-16H,1,7-8H2. The highest BCUT2D eigenvalue weighted by atomic mass is 16.3. The van der Waals surface area contributed by atoms with Crippen LogP contribution in [-0.4, -0.2) is 23.4 Å². The molecule has 1 aromatic carbocycles. The summed E-state index contributed by atoms with van der Waals surface area (Å²) < 4.78 is 0. The molecule has 0 heterocycles. The Bertz CT molecular complexity index is 453. The highest BCUT2D eigenvalue weighted by molar-refractivity contribution is 5.56. The molecule has 0 amide bonds. The van der Waals surface area contributed by atoms with E-state index in [9.17, 15) is 0 Å². The van der Waals surface area contributed by atoms with Crippen LogP contribution in [0.5, 0.6) is 0 Å². The first-order valence-corrected chi connectivity index (χ1v) is 4.77. The third-order valence-corrected chi connectivity index (χ3v) is 1.81. The van der Waals surface area contributed by atoms with Crippen LogP contribution in [0.3, 0.4) is 0 Å². The lowest BCUT2D eigenvalue weighted by atomic mass is 10.1. The molecule has 0 aliphatic rings. The van der Waals surface area contributed by atoms with Gasteiger partial charge in [0, 0.05) is 11.1 Å². The maximum atomic E-state index is 8.61. The van der Waals surface area contributed by atoms with Gasteiger partial charge >= 0.3 is 0 Å². The van der Waals surface area contributed by atoms with E-state index in [0.29, 0.717) is 0 Å². The monoisotopic (exact) mass is 212 g/mol. The van der Waals surface area contributed by atoms with Crippen molar-refractivity contribution in [3.05, 3.63) is 41.5 Å². The zero-order chi connectivity index (χ0) is 11.8. The molecule has 0 aromatic heterocycles. The van der Waals surface area contributed by atoms with E-state index in [1.54, 1.807) is 12.1 Å². The van der Waals surface area contributed by atoms with Gasteiger partial charge in [-0.15, -0.1) is 0 Å². The second-order valence-corrected chi connectivity index (χ2v) is 2.97. The molecule has 1 aromatic rings. The van der Waals surface area contributed by atoms with E-state index < -0.39 is 0 Å². The fourth-order valence-electron chi connectivity index (χ4n) is 1.20. The Kier molecular flexibility index (Phi) is 4.89. The molecule has 2 N–H and O–H groups in total. The molecular weight excluding hydrogens is 200 g/mol. The van der Waals surface area contributed by atoms with Gasteiger partial charge in [-0.2, -0.15) is 0 Å². The van der Waals surface area contributed by atoms with E-state index in [4.69, 9.17) is 10.2 Å². The van der Waals surface area contributed by atoms with Crippen LogP contribution in [0.2, 0.25) is 0 Å². The normalized spacial score (nSPS) is 8.38. The van der Waals surface area contributed by atoms with Crippen LogP contribution >= 0.6 is 0 Å². The van der Waals surface area contributed by atoms with Gasteiger partial charge in [0.2, 0.25) is 0 Å². The first-order valence-electron chi connectivity index (χ1n) is 4.77. The highest BCUT2D eigenvalue weighted by Crippen LogP contribution is 2.10. The lowest BCUT2D eigenvalue weighted by molar-refractivity contribution is 0.350. The average molecular weight is 212 g/mol. The number of hydrogen-bond acceptors (Lipinski definition) is 2. The smallest absolute Gasteiger partial charge is 0.104 e. The summed E-state index contributed by atoms with van der Waals surface area (Å²) in [6.07, 6.45) is 1.70. The lowest BCUT2D eigenvalue weighted by Crippen LogP contribution is -1.84. The SMILES string of the molecule is C=Cc1cc(C#CCO)cc(C#CCO)c1. The minimum atomic E-state index is -0.171. The molecule has 80 valence electrons. The molecule has 0 aliphatic heterocycles. The van der Waals surface area contributed by atoms with E-state index in [-0.39, 0.29) is 13.2 Å². The van der Waals surface area contributed by atoms with E-state index >= 15 is 0 Å². The van der Waals surface area contributed by atoms with Gasteiger partial charge in [-0.3, -0.25) is 0 Å². The molecule has 0 saturated heterocycles. The molecule has 0 aliphatic carbocycles. The van der Waals surface area contributed by atoms with Gasteiger partial charge < -0.3 is 10.2 Å². The summed E-state index contributed by atoms with van der Waals surface area (Å²) in [6.45, 7) is 3.34. The molecule has 1 rings (SSSR count).